The SMILES string of the molecule is O=C(CSc1nnc(-c2ccc(F)cc2)n1Cc1ccccc1)C12CC3CC(CC(C3)C1)C2. The molecule has 3 aromatic rings. The lowest BCUT2D eigenvalue weighted by atomic mass is 9.48. The Bertz CT molecular complexity index is 1120. The van der Waals surface area contributed by atoms with E-state index in [1.807, 2.05) is 18.2 Å². The topological polar surface area (TPSA) is 47.8 Å². The summed E-state index contributed by atoms with van der Waals surface area (Å²) < 4.78 is 15.5. The average Bonchev–Trinajstić information content (AvgIpc) is 3.20. The third-order valence-electron chi connectivity index (χ3n) is 7.96. The highest BCUT2D eigenvalue weighted by Gasteiger charge is 2.54. The number of Topliss-reactive ketones (excluding diaryl/α,β-unsaturated/α-hetero) is 1. The van der Waals surface area contributed by atoms with E-state index in [1.54, 1.807) is 12.1 Å². The summed E-state index contributed by atoms with van der Waals surface area (Å²) in [7, 11) is 0. The molecule has 33 heavy (non-hydrogen) atoms. The molecule has 2 aromatic carbocycles. The van der Waals surface area contributed by atoms with Gasteiger partial charge < -0.3 is 0 Å². The van der Waals surface area contributed by atoms with Crippen LogP contribution < -0.4 is 0 Å². The van der Waals surface area contributed by atoms with Crippen LogP contribution in [0.4, 0.5) is 4.39 Å². The number of nitrogens with zero attached hydrogens (tertiary/aromatic N) is 3. The van der Waals surface area contributed by atoms with E-state index in [1.165, 1.54) is 43.2 Å². The molecule has 4 bridgehead atoms. The molecule has 4 fully saturated rings. The number of aromatic nitrogens is 3. The molecule has 4 aliphatic rings. The van der Waals surface area contributed by atoms with Crippen LogP contribution in [0.5, 0.6) is 0 Å². The molecule has 0 N–H and O–H groups in total. The zero-order valence-corrected chi connectivity index (χ0v) is 19.4. The molecule has 0 aliphatic heterocycles. The number of rotatable bonds is 7. The fourth-order valence-electron chi connectivity index (χ4n) is 6.85. The summed E-state index contributed by atoms with van der Waals surface area (Å²) in [4.78, 5) is 13.5. The molecule has 4 saturated carbocycles. The van der Waals surface area contributed by atoms with Gasteiger partial charge in [0.25, 0.3) is 0 Å². The third kappa shape index (κ3) is 4.03. The van der Waals surface area contributed by atoms with Crippen molar-refractivity contribution in [1.29, 1.82) is 0 Å². The highest BCUT2D eigenvalue weighted by Crippen LogP contribution is 2.60. The minimum Gasteiger partial charge on any atom is -0.298 e. The summed E-state index contributed by atoms with van der Waals surface area (Å²) in [5, 5.41) is 9.65. The minimum absolute atomic E-state index is 0.0915. The highest BCUT2D eigenvalue weighted by molar-refractivity contribution is 7.99. The Morgan fingerprint density at radius 1 is 0.939 bits per heavy atom. The first kappa shape index (κ1) is 21.1. The summed E-state index contributed by atoms with van der Waals surface area (Å²) in [6.07, 6.45) is 7.30. The van der Waals surface area contributed by atoms with Crippen LogP contribution in [0.2, 0.25) is 0 Å². The number of benzene rings is 2. The molecular formula is C27H28FN3OS. The standard InChI is InChI=1S/C27H28FN3OS/c28-23-8-6-22(7-9-23)25-29-30-26(31(25)16-18-4-2-1-3-5-18)33-17-24(32)27-13-19-10-20(14-27)12-21(11-19)15-27/h1-9,19-21H,10-17H2. The van der Waals surface area contributed by atoms with Crippen molar-refractivity contribution in [3.8, 4) is 11.4 Å². The van der Waals surface area contributed by atoms with E-state index in [9.17, 15) is 9.18 Å². The molecule has 0 saturated heterocycles. The number of carbonyl (C=O) groups excluding carboxylic acids is 1. The van der Waals surface area contributed by atoms with Gasteiger partial charge in [0, 0.05) is 11.0 Å². The van der Waals surface area contributed by atoms with E-state index in [0.29, 0.717) is 23.9 Å². The molecule has 4 nitrogen and oxygen atoms in total. The maximum Gasteiger partial charge on any atom is 0.192 e. The van der Waals surface area contributed by atoms with Gasteiger partial charge in [-0.3, -0.25) is 9.36 Å². The van der Waals surface area contributed by atoms with E-state index in [0.717, 1.165) is 53.3 Å². The predicted molar refractivity (Wildman–Crippen MR) is 127 cm³/mol. The van der Waals surface area contributed by atoms with Gasteiger partial charge in [-0.05, 0) is 86.1 Å². The number of thioether (sulfide) groups is 1. The average molecular weight is 462 g/mol. The first-order valence-electron chi connectivity index (χ1n) is 12.0. The second-order valence-electron chi connectivity index (χ2n) is 10.3. The Kier molecular flexibility index (Phi) is 5.36. The van der Waals surface area contributed by atoms with Crippen LogP contribution in [0.1, 0.15) is 44.1 Å². The van der Waals surface area contributed by atoms with Crippen LogP contribution in [0.15, 0.2) is 59.8 Å². The first-order valence-corrected chi connectivity index (χ1v) is 13.0. The van der Waals surface area contributed by atoms with Gasteiger partial charge in [-0.25, -0.2) is 4.39 Å². The summed E-state index contributed by atoms with van der Waals surface area (Å²) in [5.74, 6) is 3.56. The monoisotopic (exact) mass is 461 g/mol. The molecule has 0 unspecified atom stereocenters. The van der Waals surface area contributed by atoms with Gasteiger partial charge in [0.1, 0.15) is 11.6 Å². The number of ketones is 1. The van der Waals surface area contributed by atoms with Crippen molar-refractivity contribution in [2.45, 2.75) is 50.2 Å². The van der Waals surface area contributed by atoms with Gasteiger partial charge in [-0.15, -0.1) is 10.2 Å². The smallest absolute Gasteiger partial charge is 0.192 e. The fraction of sp³-hybridized carbons (Fsp3) is 0.444. The van der Waals surface area contributed by atoms with Gasteiger partial charge in [0.2, 0.25) is 0 Å². The van der Waals surface area contributed by atoms with E-state index in [4.69, 9.17) is 0 Å². The molecule has 7 rings (SSSR count). The van der Waals surface area contributed by atoms with Crippen LogP contribution in [0.25, 0.3) is 11.4 Å². The highest BCUT2D eigenvalue weighted by atomic mass is 32.2. The fourth-order valence-corrected chi connectivity index (χ4v) is 7.82. The van der Waals surface area contributed by atoms with Crippen molar-refractivity contribution in [2.24, 2.45) is 23.2 Å². The zero-order chi connectivity index (χ0) is 22.4. The number of hydrogen-bond acceptors (Lipinski definition) is 4. The largest absolute Gasteiger partial charge is 0.298 e. The minimum atomic E-state index is -0.274. The van der Waals surface area contributed by atoms with Gasteiger partial charge in [0.05, 0.1) is 12.3 Å². The lowest BCUT2D eigenvalue weighted by molar-refractivity contribution is -0.141. The summed E-state index contributed by atoms with van der Waals surface area (Å²) >= 11 is 1.51. The van der Waals surface area contributed by atoms with Crippen molar-refractivity contribution < 1.29 is 9.18 Å². The van der Waals surface area contributed by atoms with Crippen LogP contribution in [-0.2, 0) is 11.3 Å². The second-order valence-corrected chi connectivity index (χ2v) is 11.2. The normalized spacial score (nSPS) is 27.7. The van der Waals surface area contributed by atoms with Gasteiger partial charge in [-0.2, -0.15) is 0 Å². The third-order valence-corrected chi connectivity index (χ3v) is 8.93. The lowest BCUT2D eigenvalue weighted by Crippen LogP contribution is -2.50. The molecule has 6 heteroatoms. The molecule has 0 radical (unpaired) electrons. The zero-order valence-electron chi connectivity index (χ0n) is 18.6. The molecule has 170 valence electrons. The molecule has 1 heterocycles. The van der Waals surface area contributed by atoms with Crippen molar-refractivity contribution in [3.05, 3.63) is 66.0 Å². The number of carbonyl (C=O) groups is 1. The Labute approximate surface area is 198 Å². The van der Waals surface area contributed by atoms with Crippen LogP contribution in [-0.4, -0.2) is 26.3 Å². The van der Waals surface area contributed by atoms with E-state index >= 15 is 0 Å². The van der Waals surface area contributed by atoms with Crippen LogP contribution >= 0.6 is 11.8 Å². The molecule has 1 aromatic heterocycles. The van der Waals surface area contributed by atoms with E-state index in [2.05, 4.69) is 26.9 Å². The molecule has 0 atom stereocenters. The maximum absolute atomic E-state index is 13.5. The number of halogens is 1. The van der Waals surface area contributed by atoms with E-state index < -0.39 is 0 Å². The summed E-state index contributed by atoms with van der Waals surface area (Å²) in [6.45, 7) is 0.606. The Balaban J connectivity index is 1.25. The molecular weight excluding hydrogens is 433 g/mol. The molecule has 0 amide bonds. The number of hydrogen-bond donors (Lipinski definition) is 0. The Morgan fingerprint density at radius 2 is 1.58 bits per heavy atom. The van der Waals surface area contributed by atoms with Gasteiger partial charge in [-0.1, -0.05) is 42.1 Å². The second kappa shape index (κ2) is 8.39. The lowest BCUT2D eigenvalue weighted by Gasteiger charge is -2.56. The van der Waals surface area contributed by atoms with Crippen LogP contribution in [0.3, 0.4) is 0 Å². The molecule has 0 spiro atoms. The van der Waals surface area contributed by atoms with Gasteiger partial charge >= 0.3 is 0 Å². The Morgan fingerprint density at radius 3 is 2.21 bits per heavy atom. The van der Waals surface area contributed by atoms with Crippen LogP contribution in [0, 0.1) is 29.0 Å². The quantitative estimate of drug-likeness (QED) is 0.404. The van der Waals surface area contributed by atoms with Crippen molar-refractivity contribution in [1.82, 2.24) is 14.8 Å². The summed E-state index contributed by atoms with van der Waals surface area (Å²) in [5.41, 5.74) is 1.86. The predicted octanol–water partition coefficient (Wildman–Crippen LogP) is 6.01. The summed E-state index contributed by atoms with van der Waals surface area (Å²) in [6, 6.07) is 16.5. The Hall–Kier alpha value is -2.47. The first-order chi connectivity index (χ1) is 16.1. The van der Waals surface area contributed by atoms with Crippen molar-refractivity contribution in [3.63, 3.8) is 0 Å². The van der Waals surface area contributed by atoms with Crippen molar-refractivity contribution >= 4 is 17.5 Å². The van der Waals surface area contributed by atoms with Gasteiger partial charge in [0.15, 0.2) is 11.0 Å². The molecule has 4 aliphatic carbocycles. The maximum atomic E-state index is 13.5. The van der Waals surface area contributed by atoms with Crippen molar-refractivity contribution in [2.75, 3.05) is 5.75 Å². The van der Waals surface area contributed by atoms with E-state index in [-0.39, 0.29) is 11.2 Å².